The van der Waals surface area contributed by atoms with E-state index in [1.54, 1.807) is 6.92 Å². The molecule has 1 atom stereocenters. The van der Waals surface area contributed by atoms with Gasteiger partial charge in [-0.15, -0.1) is 0 Å². The third kappa shape index (κ3) is 4.13. The van der Waals surface area contributed by atoms with Crippen LogP contribution in [0.5, 0.6) is 0 Å². The minimum Gasteiger partial charge on any atom is -0.338 e. The summed E-state index contributed by atoms with van der Waals surface area (Å²) in [6.07, 6.45) is -4.19. The second kappa shape index (κ2) is 7.04. The van der Waals surface area contributed by atoms with E-state index < -0.39 is 29.1 Å². The fourth-order valence-electron chi connectivity index (χ4n) is 1.68. The molecule has 0 aliphatic rings. The highest BCUT2D eigenvalue weighted by molar-refractivity contribution is 7.80. The zero-order valence-electron chi connectivity index (χ0n) is 12.3. The summed E-state index contributed by atoms with van der Waals surface area (Å²) < 4.78 is 41.4. The maximum absolute atomic E-state index is 12.4. The molecule has 1 aromatic carbocycles. The van der Waals surface area contributed by atoms with Gasteiger partial charge in [0.2, 0.25) is 11.6 Å². The van der Waals surface area contributed by atoms with Gasteiger partial charge >= 0.3 is 12.1 Å². The summed E-state index contributed by atoms with van der Waals surface area (Å²) in [6, 6.07) is 5.23. The zero-order chi connectivity index (χ0) is 17.9. The quantitative estimate of drug-likeness (QED) is 0.371. The number of carbonyl (C=O) groups is 2. The number of hydrogen-bond donors (Lipinski definition) is 2. The molecule has 0 spiro atoms. The first-order valence-electron chi connectivity index (χ1n) is 6.77. The second-order valence-electron chi connectivity index (χ2n) is 4.72. The molecule has 0 aliphatic heterocycles. The molecule has 0 fully saturated rings. The lowest BCUT2D eigenvalue weighted by Gasteiger charge is -2.09. The molecule has 10 heteroatoms. The van der Waals surface area contributed by atoms with Crippen molar-refractivity contribution in [2.24, 2.45) is 0 Å². The minimum atomic E-state index is -4.73. The Labute approximate surface area is 139 Å². The molecule has 1 amide bonds. The van der Waals surface area contributed by atoms with Crippen LogP contribution in [0.4, 0.5) is 13.2 Å². The molecular weight excluding hydrogens is 347 g/mol. The molecule has 0 saturated carbocycles. The first-order chi connectivity index (χ1) is 11.2. The van der Waals surface area contributed by atoms with Gasteiger partial charge in [-0.3, -0.25) is 9.59 Å². The summed E-state index contributed by atoms with van der Waals surface area (Å²) in [5, 5.41) is 5.19. The molecular formula is C14H12F3N3O3S. The highest BCUT2D eigenvalue weighted by atomic mass is 32.1. The predicted molar refractivity (Wildman–Crippen MR) is 80.3 cm³/mol. The van der Waals surface area contributed by atoms with Gasteiger partial charge in [-0.25, -0.2) is 0 Å². The molecule has 0 bridgehead atoms. The Kier molecular flexibility index (Phi) is 5.27. The number of carbonyl (C=O) groups excluding carboxylic acids is 2. The SMILES string of the molecule is CCC(S)NC(=O)C(=O)c1ccc(-c2noc(C(F)(F)F)n2)cc1. The van der Waals surface area contributed by atoms with Gasteiger partial charge in [0.05, 0.1) is 5.37 Å². The molecule has 2 aromatic rings. The standard InChI is InChI=1S/C14H12F3N3O3S/c1-2-9(24)18-12(22)10(21)7-3-5-8(6-4-7)11-19-13(23-20-11)14(15,16)17/h3-6,9,24H,2H2,1H3,(H,18,22). The second-order valence-corrected chi connectivity index (χ2v) is 5.35. The van der Waals surface area contributed by atoms with Gasteiger partial charge in [0.1, 0.15) is 0 Å². The third-order valence-corrected chi connectivity index (χ3v) is 3.46. The fraction of sp³-hybridized carbons (Fsp3) is 0.286. The van der Waals surface area contributed by atoms with Crippen molar-refractivity contribution in [1.29, 1.82) is 0 Å². The van der Waals surface area contributed by atoms with Crippen LogP contribution in [0.25, 0.3) is 11.4 Å². The summed E-state index contributed by atoms with van der Waals surface area (Å²) in [5.41, 5.74) is 0.291. The maximum Gasteiger partial charge on any atom is 0.471 e. The largest absolute Gasteiger partial charge is 0.471 e. The van der Waals surface area contributed by atoms with Crippen LogP contribution in [0.1, 0.15) is 29.6 Å². The molecule has 128 valence electrons. The molecule has 1 unspecified atom stereocenters. The number of hydrogen-bond acceptors (Lipinski definition) is 6. The van der Waals surface area contributed by atoms with Crippen LogP contribution in [0.15, 0.2) is 28.8 Å². The summed E-state index contributed by atoms with van der Waals surface area (Å²) in [5.74, 6) is -3.33. The van der Waals surface area contributed by atoms with Crippen LogP contribution in [-0.2, 0) is 11.0 Å². The fourth-order valence-corrected chi connectivity index (χ4v) is 1.79. The van der Waals surface area contributed by atoms with Crippen LogP contribution < -0.4 is 5.32 Å². The molecule has 24 heavy (non-hydrogen) atoms. The van der Waals surface area contributed by atoms with E-state index >= 15 is 0 Å². The van der Waals surface area contributed by atoms with Gasteiger partial charge in [-0.2, -0.15) is 30.8 Å². The van der Waals surface area contributed by atoms with Gasteiger partial charge in [0, 0.05) is 11.1 Å². The van der Waals surface area contributed by atoms with Gasteiger partial charge < -0.3 is 9.84 Å². The van der Waals surface area contributed by atoms with Crippen molar-refractivity contribution < 1.29 is 27.3 Å². The Balaban J connectivity index is 2.14. The Morgan fingerprint density at radius 3 is 2.42 bits per heavy atom. The Hall–Kier alpha value is -2.36. The Bertz CT molecular complexity index is 744. The van der Waals surface area contributed by atoms with Crippen molar-refractivity contribution in [2.45, 2.75) is 24.9 Å². The molecule has 1 aromatic heterocycles. The first-order valence-corrected chi connectivity index (χ1v) is 7.28. The lowest BCUT2D eigenvalue weighted by Crippen LogP contribution is -2.36. The van der Waals surface area contributed by atoms with E-state index in [2.05, 4.69) is 32.6 Å². The average molecular weight is 359 g/mol. The number of ketones is 1. The van der Waals surface area contributed by atoms with Crippen molar-refractivity contribution in [2.75, 3.05) is 0 Å². The average Bonchev–Trinajstić information content (AvgIpc) is 3.04. The molecule has 1 heterocycles. The van der Waals surface area contributed by atoms with E-state index in [1.165, 1.54) is 24.3 Å². The van der Waals surface area contributed by atoms with Crippen LogP contribution >= 0.6 is 12.6 Å². The monoisotopic (exact) mass is 359 g/mol. The summed E-state index contributed by atoms with van der Waals surface area (Å²) in [7, 11) is 0. The smallest absolute Gasteiger partial charge is 0.338 e. The lowest BCUT2D eigenvalue weighted by atomic mass is 10.1. The Morgan fingerprint density at radius 2 is 1.92 bits per heavy atom. The van der Waals surface area contributed by atoms with Crippen LogP contribution in [0.3, 0.4) is 0 Å². The highest BCUT2D eigenvalue weighted by Gasteiger charge is 2.38. The first kappa shape index (κ1) is 18.0. The van der Waals surface area contributed by atoms with E-state index in [-0.39, 0.29) is 17.0 Å². The van der Waals surface area contributed by atoms with Crippen LogP contribution in [-0.4, -0.2) is 27.2 Å². The zero-order valence-corrected chi connectivity index (χ0v) is 13.2. The molecule has 2 rings (SSSR count). The summed E-state index contributed by atoms with van der Waals surface area (Å²) in [6.45, 7) is 1.79. The van der Waals surface area contributed by atoms with E-state index in [4.69, 9.17) is 0 Å². The lowest BCUT2D eigenvalue weighted by molar-refractivity contribution is -0.159. The number of thiol groups is 1. The van der Waals surface area contributed by atoms with Crippen molar-refractivity contribution in [1.82, 2.24) is 15.5 Å². The van der Waals surface area contributed by atoms with Crippen molar-refractivity contribution in [3.05, 3.63) is 35.7 Å². The molecule has 6 nitrogen and oxygen atoms in total. The van der Waals surface area contributed by atoms with E-state index in [1.807, 2.05) is 0 Å². The number of amides is 1. The van der Waals surface area contributed by atoms with Crippen LogP contribution in [0.2, 0.25) is 0 Å². The number of benzene rings is 1. The van der Waals surface area contributed by atoms with Gasteiger partial charge in [0.15, 0.2) is 0 Å². The predicted octanol–water partition coefficient (Wildman–Crippen LogP) is 2.72. The van der Waals surface area contributed by atoms with Gasteiger partial charge in [-0.05, 0) is 6.42 Å². The number of nitrogens with one attached hydrogen (secondary N) is 1. The number of alkyl halides is 3. The highest BCUT2D eigenvalue weighted by Crippen LogP contribution is 2.29. The minimum absolute atomic E-state index is 0.0763. The summed E-state index contributed by atoms with van der Waals surface area (Å²) in [4.78, 5) is 26.9. The van der Waals surface area contributed by atoms with Crippen molar-refractivity contribution in [3.63, 3.8) is 0 Å². The van der Waals surface area contributed by atoms with Crippen LogP contribution in [0, 0.1) is 0 Å². The molecule has 0 saturated heterocycles. The number of rotatable bonds is 5. The van der Waals surface area contributed by atoms with Crippen molar-refractivity contribution >= 4 is 24.3 Å². The maximum atomic E-state index is 12.4. The van der Waals surface area contributed by atoms with E-state index in [9.17, 15) is 22.8 Å². The summed E-state index contributed by atoms with van der Waals surface area (Å²) >= 11 is 4.06. The van der Waals surface area contributed by atoms with Gasteiger partial charge in [-0.1, -0.05) is 36.3 Å². The van der Waals surface area contributed by atoms with E-state index in [0.29, 0.717) is 6.42 Å². The van der Waals surface area contributed by atoms with Crippen molar-refractivity contribution in [3.8, 4) is 11.4 Å². The number of nitrogens with zero attached hydrogens (tertiary/aromatic N) is 2. The van der Waals surface area contributed by atoms with E-state index in [0.717, 1.165) is 0 Å². The van der Waals surface area contributed by atoms with Gasteiger partial charge in [0.25, 0.3) is 5.91 Å². The Morgan fingerprint density at radius 1 is 1.29 bits per heavy atom. The molecule has 0 radical (unpaired) electrons. The number of aromatic nitrogens is 2. The topological polar surface area (TPSA) is 85.1 Å². The molecule has 1 N–H and O–H groups in total. The normalized spacial score (nSPS) is 12.7. The number of Topliss-reactive ketones (excluding diaryl/α,β-unsaturated/α-hetero) is 1. The molecule has 0 aliphatic carbocycles. The third-order valence-electron chi connectivity index (χ3n) is 2.96. The number of halogens is 3.